The fourth-order valence-electron chi connectivity index (χ4n) is 1.99. The summed E-state index contributed by atoms with van der Waals surface area (Å²) in [5, 5.41) is 0. The summed E-state index contributed by atoms with van der Waals surface area (Å²) in [5.41, 5.74) is 1.82. The quantitative estimate of drug-likeness (QED) is 0.651. The first kappa shape index (κ1) is 15.0. The first-order valence-electron chi connectivity index (χ1n) is 6.81. The molecule has 0 amide bonds. The van der Waals surface area contributed by atoms with Crippen molar-refractivity contribution in [2.45, 2.75) is 24.6 Å². The van der Waals surface area contributed by atoms with Crippen molar-refractivity contribution in [3.05, 3.63) is 65.5 Å². The van der Waals surface area contributed by atoms with Crippen LogP contribution in [0.4, 0.5) is 4.39 Å². The van der Waals surface area contributed by atoms with Gasteiger partial charge in [-0.05, 0) is 42.2 Å². The predicted molar refractivity (Wildman–Crippen MR) is 84.0 cm³/mol. The molecule has 0 aliphatic rings. The molecule has 0 radical (unpaired) electrons. The Hall–Kier alpha value is -1.35. The highest BCUT2D eigenvalue weighted by Gasteiger charge is 2.12. The Morgan fingerprint density at radius 3 is 2.70 bits per heavy atom. The van der Waals surface area contributed by atoms with Gasteiger partial charge in [0.1, 0.15) is 11.6 Å². The molecule has 20 heavy (non-hydrogen) atoms. The van der Waals surface area contributed by atoms with E-state index < -0.39 is 0 Å². The van der Waals surface area contributed by atoms with Crippen LogP contribution in [0.15, 0.2) is 48.5 Å². The molecule has 0 heterocycles. The summed E-state index contributed by atoms with van der Waals surface area (Å²) in [6.45, 7) is 2.79. The standard InChI is InChI=1S/C17H18BrFO/c1-2-10-20-15-8-5-7-13(11-15)16(18)12-14-6-3-4-9-17(14)19/h3-9,11,16H,2,10,12H2,1H3. The van der Waals surface area contributed by atoms with Gasteiger partial charge in [0.25, 0.3) is 0 Å². The summed E-state index contributed by atoms with van der Waals surface area (Å²) in [5.74, 6) is 0.706. The minimum Gasteiger partial charge on any atom is -0.494 e. The van der Waals surface area contributed by atoms with E-state index in [4.69, 9.17) is 4.74 Å². The van der Waals surface area contributed by atoms with Crippen molar-refractivity contribution in [3.8, 4) is 5.75 Å². The van der Waals surface area contributed by atoms with E-state index >= 15 is 0 Å². The van der Waals surface area contributed by atoms with E-state index in [1.54, 1.807) is 6.07 Å². The molecule has 3 heteroatoms. The van der Waals surface area contributed by atoms with Gasteiger partial charge in [-0.2, -0.15) is 0 Å². The van der Waals surface area contributed by atoms with E-state index in [0.29, 0.717) is 18.6 Å². The number of ether oxygens (including phenoxy) is 1. The molecule has 2 rings (SSSR count). The van der Waals surface area contributed by atoms with Crippen LogP contribution in [0.2, 0.25) is 0 Å². The second kappa shape index (κ2) is 7.44. The first-order chi connectivity index (χ1) is 9.70. The molecule has 1 atom stereocenters. The minimum absolute atomic E-state index is 0.0737. The van der Waals surface area contributed by atoms with Crippen molar-refractivity contribution >= 4 is 15.9 Å². The van der Waals surface area contributed by atoms with Gasteiger partial charge in [0, 0.05) is 4.83 Å². The topological polar surface area (TPSA) is 9.23 Å². The van der Waals surface area contributed by atoms with E-state index in [0.717, 1.165) is 17.7 Å². The second-order valence-corrected chi connectivity index (χ2v) is 5.79. The Bertz CT molecular complexity index is 556. The van der Waals surface area contributed by atoms with Crippen LogP contribution >= 0.6 is 15.9 Å². The fraction of sp³-hybridized carbons (Fsp3) is 0.294. The van der Waals surface area contributed by atoms with Gasteiger partial charge in [0.2, 0.25) is 0 Å². The Kier molecular flexibility index (Phi) is 5.60. The maximum atomic E-state index is 13.7. The van der Waals surface area contributed by atoms with Crippen molar-refractivity contribution in [1.82, 2.24) is 0 Å². The van der Waals surface area contributed by atoms with E-state index in [1.165, 1.54) is 6.07 Å². The molecule has 0 fully saturated rings. The van der Waals surface area contributed by atoms with Crippen LogP contribution in [0.1, 0.15) is 29.3 Å². The Morgan fingerprint density at radius 1 is 1.15 bits per heavy atom. The van der Waals surface area contributed by atoms with Crippen molar-refractivity contribution in [1.29, 1.82) is 0 Å². The third-order valence-corrected chi connectivity index (χ3v) is 3.90. The molecule has 0 saturated carbocycles. The smallest absolute Gasteiger partial charge is 0.126 e. The highest BCUT2D eigenvalue weighted by Crippen LogP contribution is 2.30. The molecule has 0 aromatic heterocycles. The van der Waals surface area contributed by atoms with Crippen LogP contribution in [-0.2, 0) is 6.42 Å². The lowest BCUT2D eigenvalue weighted by atomic mass is 10.0. The summed E-state index contributed by atoms with van der Waals surface area (Å²) in [4.78, 5) is 0.0737. The van der Waals surface area contributed by atoms with Gasteiger partial charge in [-0.15, -0.1) is 0 Å². The summed E-state index contributed by atoms with van der Waals surface area (Å²) in [7, 11) is 0. The molecule has 0 N–H and O–H groups in total. The molecule has 1 unspecified atom stereocenters. The maximum absolute atomic E-state index is 13.7. The zero-order chi connectivity index (χ0) is 14.4. The van der Waals surface area contributed by atoms with Crippen LogP contribution in [0.5, 0.6) is 5.75 Å². The van der Waals surface area contributed by atoms with Gasteiger partial charge in [-0.3, -0.25) is 0 Å². The van der Waals surface area contributed by atoms with Crippen molar-refractivity contribution in [3.63, 3.8) is 0 Å². The Balaban J connectivity index is 2.09. The van der Waals surface area contributed by atoms with Crippen molar-refractivity contribution in [2.24, 2.45) is 0 Å². The Morgan fingerprint density at radius 2 is 1.95 bits per heavy atom. The summed E-state index contributed by atoms with van der Waals surface area (Å²) >= 11 is 3.64. The molecule has 2 aromatic carbocycles. The molecular weight excluding hydrogens is 319 g/mol. The SMILES string of the molecule is CCCOc1cccc(C(Br)Cc2ccccc2F)c1. The van der Waals surface area contributed by atoms with E-state index in [-0.39, 0.29) is 10.6 Å². The molecule has 2 aromatic rings. The van der Waals surface area contributed by atoms with Gasteiger partial charge in [0.05, 0.1) is 6.61 Å². The predicted octanol–water partition coefficient (Wildman–Crippen LogP) is 5.29. The molecule has 0 saturated heterocycles. The lowest BCUT2D eigenvalue weighted by Crippen LogP contribution is -2.00. The molecule has 0 aliphatic heterocycles. The van der Waals surface area contributed by atoms with Gasteiger partial charge < -0.3 is 4.74 Å². The van der Waals surface area contributed by atoms with Gasteiger partial charge in [-0.1, -0.05) is 53.2 Å². The lowest BCUT2D eigenvalue weighted by molar-refractivity contribution is 0.317. The molecule has 106 valence electrons. The highest BCUT2D eigenvalue weighted by molar-refractivity contribution is 9.09. The van der Waals surface area contributed by atoms with Gasteiger partial charge in [0.15, 0.2) is 0 Å². The van der Waals surface area contributed by atoms with Crippen LogP contribution in [0.25, 0.3) is 0 Å². The highest BCUT2D eigenvalue weighted by atomic mass is 79.9. The van der Waals surface area contributed by atoms with Crippen LogP contribution in [0.3, 0.4) is 0 Å². The molecule has 1 nitrogen and oxygen atoms in total. The number of rotatable bonds is 6. The number of halogens is 2. The third-order valence-electron chi connectivity index (χ3n) is 3.05. The lowest BCUT2D eigenvalue weighted by Gasteiger charge is -2.13. The van der Waals surface area contributed by atoms with Crippen LogP contribution in [-0.4, -0.2) is 6.61 Å². The zero-order valence-corrected chi connectivity index (χ0v) is 13.1. The number of hydrogen-bond acceptors (Lipinski definition) is 1. The first-order valence-corrected chi connectivity index (χ1v) is 7.72. The van der Waals surface area contributed by atoms with Crippen molar-refractivity contribution in [2.75, 3.05) is 6.61 Å². The third kappa shape index (κ3) is 4.07. The maximum Gasteiger partial charge on any atom is 0.126 e. The fourth-order valence-corrected chi connectivity index (χ4v) is 2.63. The largest absolute Gasteiger partial charge is 0.494 e. The van der Waals surface area contributed by atoms with Crippen LogP contribution in [0, 0.1) is 5.82 Å². The van der Waals surface area contributed by atoms with Gasteiger partial charge >= 0.3 is 0 Å². The van der Waals surface area contributed by atoms with Crippen LogP contribution < -0.4 is 4.74 Å². The van der Waals surface area contributed by atoms with Gasteiger partial charge in [-0.25, -0.2) is 4.39 Å². The molecular formula is C17H18BrFO. The minimum atomic E-state index is -0.157. The monoisotopic (exact) mass is 336 g/mol. The van der Waals surface area contributed by atoms with E-state index in [9.17, 15) is 4.39 Å². The second-order valence-electron chi connectivity index (χ2n) is 4.68. The normalized spacial score (nSPS) is 12.2. The van der Waals surface area contributed by atoms with E-state index in [2.05, 4.69) is 22.9 Å². The molecule has 0 spiro atoms. The number of benzene rings is 2. The molecule has 0 aliphatic carbocycles. The summed E-state index contributed by atoms with van der Waals surface area (Å²) in [6.07, 6.45) is 1.60. The average Bonchev–Trinajstić information content (AvgIpc) is 2.48. The number of alkyl halides is 1. The summed E-state index contributed by atoms with van der Waals surface area (Å²) in [6, 6.07) is 14.8. The Labute approximate surface area is 127 Å². The molecule has 0 bridgehead atoms. The number of hydrogen-bond donors (Lipinski definition) is 0. The zero-order valence-electron chi connectivity index (χ0n) is 11.5. The van der Waals surface area contributed by atoms with E-state index in [1.807, 2.05) is 36.4 Å². The average molecular weight is 337 g/mol. The van der Waals surface area contributed by atoms with Crippen molar-refractivity contribution < 1.29 is 9.13 Å². The summed E-state index contributed by atoms with van der Waals surface area (Å²) < 4.78 is 19.3.